The molecule has 0 amide bonds. The average Bonchev–Trinajstić information content (AvgIpc) is 3.10. The summed E-state index contributed by atoms with van der Waals surface area (Å²) in [5.41, 5.74) is 2.78. The van der Waals surface area contributed by atoms with E-state index in [4.69, 9.17) is 0 Å². The molecule has 0 spiro atoms. The Balaban J connectivity index is 1.99. The Labute approximate surface area is 125 Å². The Hall–Kier alpha value is -0.540. The van der Waals surface area contributed by atoms with E-state index < -0.39 is 0 Å². The molecule has 1 N–H and O–H groups in total. The van der Waals surface area contributed by atoms with Crippen molar-refractivity contribution in [1.82, 2.24) is 5.32 Å². The van der Waals surface area contributed by atoms with Crippen molar-refractivity contribution in [2.75, 3.05) is 18.5 Å². The van der Waals surface area contributed by atoms with Crippen LogP contribution in [0.1, 0.15) is 39.2 Å². The first-order valence-corrected chi connectivity index (χ1v) is 7.89. The SMILES string of the molecule is CN(CC1CC1)c1ccc(CNC(C)(C)C)c(Br)c1. The molecule has 0 unspecified atom stereocenters. The molecule has 2 nitrogen and oxygen atoms in total. The topological polar surface area (TPSA) is 15.3 Å². The third-order valence-electron chi connectivity index (χ3n) is 3.52. The highest BCUT2D eigenvalue weighted by Gasteiger charge is 2.23. The molecule has 2 rings (SSSR count). The predicted molar refractivity (Wildman–Crippen MR) is 86.7 cm³/mol. The van der Waals surface area contributed by atoms with Gasteiger partial charge in [0.2, 0.25) is 0 Å². The van der Waals surface area contributed by atoms with E-state index >= 15 is 0 Å². The Kier molecular flexibility index (Phi) is 4.57. The molecule has 1 aliphatic rings. The summed E-state index contributed by atoms with van der Waals surface area (Å²) >= 11 is 3.70. The van der Waals surface area contributed by atoms with Gasteiger partial charge < -0.3 is 10.2 Å². The highest BCUT2D eigenvalue weighted by atomic mass is 79.9. The molecular formula is C16H25BrN2. The number of benzene rings is 1. The van der Waals surface area contributed by atoms with Gasteiger partial charge in [-0.1, -0.05) is 22.0 Å². The first kappa shape index (κ1) is 14.9. The van der Waals surface area contributed by atoms with Crippen molar-refractivity contribution in [3.63, 3.8) is 0 Å². The van der Waals surface area contributed by atoms with Crippen molar-refractivity contribution in [2.24, 2.45) is 5.92 Å². The second-order valence-corrected chi connectivity index (χ2v) is 7.56. The number of halogens is 1. The van der Waals surface area contributed by atoms with Crippen molar-refractivity contribution < 1.29 is 0 Å². The number of hydrogen-bond donors (Lipinski definition) is 1. The third kappa shape index (κ3) is 4.81. The van der Waals surface area contributed by atoms with E-state index in [-0.39, 0.29) is 5.54 Å². The summed E-state index contributed by atoms with van der Waals surface area (Å²) in [6.45, 7) is 8.67. The van der Waals surface area contributed by atoms with Gasteiger partial charge in [0.25, 0.3) is 0 Å². The lowest BCUT2D eigenvalue weighted by Crippen LogP contribution is -2.35. The molecule has 0 bridgehead atoms. The van der Waals surface area contributed by atoms with E-state index in [1.165, 1.54) is 35.1 Å². The van der Waals surface area contributed by atoms with Gasteiger partial charge in [0.15, 0.2) is 0 Å². The van der Waals surface area contributed by atoms with Crippen LogP contribution < -0.4 is 10.2 Å². The summed E-state index contributed by atoms with van der Waals surface area (Å²) in [5, 5.41) is 3.53. The van der Waals surface area contributed by atoms with Crippen LogP contribution in [0.5, 0.6) is 0 Å². The van der Waals surface area contributed by atoms with Crippen LogP contribution in [0.4, 0.5) is 5.69 Å². The Morgan fingerprint density at radius 1 is 1.32 bits per heavy atom. The standard InChI is InChI=1S/C16H25BrN2/c1-16(2,3)18-10-13-7-8-14(9-15(13)17)19(4)11-12-5-6-12/h7-9,12,18H,5-6,10-11H2,1-4H3. The molecule has 106 valence electrons. The Morgan fingerprint density at radius 3 is 2.53 bits per heavy atom. The van der Waals surface area contributed by atoms with Gasteiger partial charge in [-0.05, 0) is 57.2 Å². The summed E-state index contributed by atoms with van der Waals surface area (Å²) in [7, 11) is 2.19. The zero-order chi connectivity index (χ0) is 14.0. The van der Waals surface area contributed by atoms with E-state index in [1.807, 2.05) is 0 Å². The maximum atomic E-state index is 3.70. The van der Waals surface area contributed by atoms with E-state index in [2.05, 4.69) is 72.2 Å². The maximum absolute atomic E-state index is 3.70. The minimum atomic E-state index is 0.154. The van der Waals surface area contributed by atoms with Gasteiger partial charge in [0.05, 0.1) is 0 Å². The smallest absolute Gasteiger partial charge is 0.0375 e. The highest BCUT2D eigenvalue weighted by molar-refractivity contribution is 9.10. The van der Waals surface area contributed by atoms with Gasteiger partial charge >= 0.3 is 0 Å². The summed E-state index contributed by atoms with van der Waals surface area (Å²) in [4.78, 5) is 2.36. The van der Waals surface area contributed by atoms with E-state index in [9.17, 15) is 0 Å². The zero-order valence-corrected chi connectivity index (χ0v) is 14.0. The molecule has 0 saturated heterocycles. The summed E-state index contributed by atoms with van der Waals surface area (Å²) < 4.78 is 1.20. The van der Waals surface area contributed by atoms with Crippen LogP contribution in [0.2, 0.25) is 0 Å². The number of anilines is 1. The van der Waals surface area contributed by atoms with Crippen molar-refractivity contribution >= 4 is 21.6 Å². The molecule has 1 saturated carbocycles. The number of rotatable bonds is 5. The molecule has 0 heterocycles. The molecule has 0 radical (unpaired) electrons. The van der Waals surface area contributed by atoms with Crippen LogP contribution in [0.15, 0.2) is 22.7 Å². The molecule has 1 fully saturated rings. The van der Waals surface area contributed by atoms with Crippen LogP contribution in [0.25, 0.3) is 0 Å². The van der Waals surface area contributed by atoms with E-state index in [0.29, 0.717) is 0 Å². The number of nitrogens with zero attached hydrogens (tertiary/aromatic N) is 1. The average molecular weight is 325 g/mol. The fraction of sp³-hybridized carbons (Fsp3) is 0.625. The quantitative estimate of drug-likeness (QED) is 0.873. The van der Waals surface area contributed by atoms with Gasteiger partial charge in [-0.3, -0.25) is 0 Å². The first-order valence-electron chi connectivity index (χ1n) is 7.10. The van der Waals surface area contributed by atoms with Gasteiger partial charge in [-0.25, -0.2) is 0 Å². The zero-order valence-electron chi connectivity index (χ0n) is 12.5. The first-order chi connectivity index (χ1) is 8.85. The molecule has 1 aromatic rings. The second kappa shape index (κ2) is 5.84. The lowest BCUT2D eigenvalue weighted by atomic mass is 10.1. The molecule has 1 aliphatic carbocycles. The maximum Gasteiger partial charge on any atom is 0.0375 e. The highest BCUT2D eigenvalue weighted by Crippen LogP contribution is 2.32. The molecule has 0 aromatic heterocycles. The lowest BCUT2D eigenvalue weighted by molar-refractivity contribution is 0.424. The Bertz CT molecular complexity index is 433. The molecular weight excluding hydrogens is 300 g/mol. The molecule has 3 heteroatoms. The van der Waals surface area contributed by atoms with Crippen LogP contribution in [-0.4, -0.2) is 19.1 Å². The fourth-order valence-corrected chi connectivity index (χ4v) is 2.58. The van der Waals surface area contributed by atoms with Crippen molar-refractivity contribution in [3.05, 3.63) is 28.2 Å². The van der Waals surface area contributed by atoms with Crippen LogP contribution in [0, 0.1) is 5.92 Å². The van der Waals surface area contributed by atoms with Gasteiger partial charge in [0.1, 0.15) is 0 Å². The van der Waals surface area contributed by atoms with Crippen LogP contribution in [0.3, 0.4) is 0 Å². The molecule has 0 atom stereocenters. The number of nitrogens with one attached hydrogen (secondary N) is 1. The van der Waals surface area contributed by atoms with Crippen LogP contribution in [-0.2, 0) is 6.54 Å². The Morgan fingerprint density at radius 2 is 2.00 bits per heavy atom. The van der Waals surface area contributed by atoms with Crippen molar-refractivity contribution in [1.29, 1.82) is 0 Å². The lowest BCUT2D eigenvalue weighted by Gasteiger charge is -2.23. The fourth-order valence-electron chi connectivity index (χ4n) is 2.07. The third-order valence-corrected chi connectivity index (χ3v) is 4.25. The minimum Gasteiger partial charge on any atom is -0.374 e. The van der Waals surface area contributed by atoms with Crippen molar-refractivity contribution in [2.45, 2.75) is 45.7 Å². The summed E-state index contributed by atoms with van der Waals surface area (Å²) in [6, 6.07) is 6.69. The minimum absolute atomic E-state index is 0.154. The predicted octanol–water partition coefficient (Wildman–Crippen LogP) is 4.18. The van der Waals surface area contributed by atoms with Crippen molar-refractivity contribution in [3.8, 4) is 0 Å². The van der Waals surface area contributed by atoms with Gasteiger partial charge in [0, 0.05) is 35.8 Å². The summed E-state index contributed by atoms with van der Waals surface area (Å²) in [5.74, 6) is 0.922. The van der Waals surface area contributed by atoms with Gasteiger partial charge in [-0.2, -0.15) is 0 Å². The van der Waals surface area contributed by atoms with E-state index in [1.54, 1.807) is 0 Å². The molecule has 1 aromatic carbocycles. The molecule has 0 aliphatic heterocycles. The monoisotopic (exact) mass is 324 g/mol. The second-order valence-electron chi connectivity index (χ2n) is 6.70. The van der Waals surface area contributed by atoms with E-state index in [0.717, 1.165) is 12.5 Å². The van der Waals surface area contributed by atoms with Gasteiger partial charge in [-0.15, -0.1) is 0 Å². The molecule has 19 heavy (non-hydrogen) atoms. The normalized spacial score (nSPS) is 15.6. The summed E-state index contributed by atoms with van der Waals surface area (Å²) in [6.07, 6.45) is 2.80. The largest absolute Gasteiger partial charge is 0.374 e. The van der Waals surface area contributed by atoms with Crippen LogP contribution >= 0.6 is 15.9 Å². The number of hydrogen-bond acceptors (Lipinski definition) is 2.